The van der Waals surface area contributed by atoms with Crippen molar-refractivity contribution < 1.29 is 9.47 Å². The lowest BCUT2D eigenvalue weighted by Crippen LogP contribution is -2.24. The molecular formula is C17H25NO2. The van der Waals surface area contributed by atoms with E-state index in [1.54, 1.807) is 0 Å². The number of nitrogens with one attached hydrogen (secondary N) is 1. The van der Waals surface area contributed by atoms with Crippen LogP contribution in [0.15, 0.2) is 18.2 Å². The molecule has 3 heteroatoms. The van der Waals surface area contributed by atoms with Crippen LogP contribution in [0.3, 0.4) is 0 Å². The number of benzene rings is 1. The van der Waals surface area contributed by atoms with E-state index < -0.39 is 0 Å². The second-order valence-electron chi connectivity index (χ2n) is 6.13. The molecule has 20 heavy (non-hydrogen) atoms. The highest BCUT2D eigenvalue weighted by Crippen LogP contribution is 2.36. The molecule has 0 aromatic heterocycles. The maximum absolute atomic E-state index is 6.15. The monoisotopic (exact) mass is 275 g/mol. The molecule has 3 rings (SSSR count). The first-order chi connectivity index (χ1) is 9.76. The Hall–Kier alpha value is -1.22. The zero-order valence-corrected chi connectivity index (χ0v) is 12.5. The van der Waals surface area contributed by atoms with E-state index in [0.29, 0.717) is 12.1 Å². The molecule has 1 N–H and O–H groups in total. The number of hydrogen-bond donors (Lipinski definition) is 1. The van der Waals surface area contributed by atoms with Crippen molar-refractivity contribution >= 4 is 0 Å². The van der Waals surface area contributed by atoms with Crippen LogP contribution >= 0.6 is 0 Å². The van der Waals surface area contributed by atoms with Crippen molar-refractivity contribution in [3.63, 3.8) is 0 Å². The molecule has 0 saturated heterocycles. The maximum Gasteiger partial charge on any atom is 0.128 e. The van der Waals surface area contributed by atoms with E-state index >= 15 is 0 Å². The summed E-state index contributed by atoms with van der Waals surface area (Å²) in [6.07, 6.45) is 5.37. The molecule has 1 heterocycles. The van der Waals surface area contributed by atoms with Crippen LogP contribution in [0.4, 0.5) is 0 Å². The predicted octanol–water partition coefficient (Wildman–Crippen LogP) is 3.69. The van der Waals surface area contributed by atoms with Gasteiger partial charge in [0, 0.05) is 11.6 Å². The SMILES string of the molecule is CCNC1COc2cc(OC3CCCC(C)C3)ccc21. The third kappa shape index (κ3) is 2.93. The van der Waals surface area contributed by atoms with Crippen LogP contribution in [-0.2, 0) is 0 Å². The zero-order chi connectivity index (χ0) is 13.9. The first-order valence-electron chi connectivity index (χ1n) is 7.93. The summed E-state index contributed by atoms with van der Waals surface area (Å²) in [5.41, 5.74) is 1.26. The smallest absolute Gasteiger partial charge is 0.128 e. The minimum absolute atomic E-state index is 0.332. The lowest BCUT2D eigenvalue weighted by Gasteiger charge is -2.27. The molecule has 3 atom stereocenters. The summed E-state index contributed by atoms with van der Waals surface area (Å²) in [4.78, 5) is 0. The van der Waals surface area contributed by atoms with Crippen LogP contribution in [-0.4, -0.2) is 19.3 Å². The summed E-state index contributed by atoms with van der Waals surface area (Å²) in [5, 5.41) is 3.44. The molecule has 0 bridgehead atoms. The van der Waals surface area contributed by atoms with E-state index in [-0.39, 0.29) is 0 Å². The Labute approximate surface area is 121 Å². The molecule has 110 valence electrons. The summed E-state index contributed by atoms with van der Waals surface area (Å²) in [5.74, 6) is 2.73. The molecular weight excluding hydrogens is 250 g/mol. The van der Waals surface area contributed by atoms with E-state index in [1.165, 1.54) is 31.2 Å². The zero-order valence-electron chi connectivity index (χ0n) is 12.5. The van der Waals surface area contributed by atoms with Crippen LogP contribution in [0.2, 0.25) is 0 Å². The molecule has 1 aromatic carbocycles. The Kier molecular flexibility index (Phi) is 4.16. The molecule has 2 aliphatic rings. The minimum Gasteiger partial charge on any atom is -0.491 e. The van der Waals surface area contributed by atoms with Crippen LogP contribution in [0.1, 0.15) is 51.1 Å². The van der Waals surface area contributed by atoms with Crippen molar-refractivity contribution in [1.29, 1.82) is 0 Å². The van der Waals surface area contributed by atoms with Crippen molar-refractivity contribution in [3.05, 3.63) is 23.8 Å². The Morgan fingerprint density at radius 1 is 1.35 bits per heavy atom. The second kappa shape index (κ2) is 6.04. The van der Waals surface area contributed by atoms with E-state index in [1.807, 2.05) is 0 Å². The second-order valence-corrected chi connectivity index (χ2v) is 6.13. The normalized spacial score (nSPS) is 28.8. The topological polar surface area (TPSA) is 30.5 Å². The van der Waals surface area contributed by atoms with E-state index in [0.717, 1.165) is 30.6 Å². The van der Waals surface area contributed by atoms with E-state index in [4.69, 9.17) is 9.47 Å². The van der Waals surface area contributed by atoms with Crippen molar-refractivity contribution in [2.45, 2.75) is 51.7 Å². The quantitative estimate of drug-likeness (QED) is 0.909. The van der Waals surface area contributed by atoms with E-state index in [2.05, 4.69) is 37.4 Å². The van der Waals surface area contributed by atoms with E-state index in [9.17, 15) is 0 Å². The fourth-order valence-electron chi connectivity index (χ4n) is 3.36. The van der Waals surface area contributed by atoms with Gasteiger partial charge in [0.25, 0.3) is 0 Å². The first-order valence-corrected chi connectivity index (χ1v) is 7.93. The van der Waals surface area contributed by atoms with Gasteiger partial charge in [0.05, 0.1) is 12.1 Å². The lowest BCUT2D eigenvalue weighted by atomic mass is 9.89. The predicted molar refractivity (Wildman–Crippen MR) is 80.4 cm³/mol. The molecule has 1 aliphatic carbocycles. The first kappa shape index (κ1) is 13.7. The number of likely N-dealkylation sites (N-methyl/N-ethyl adjacent to an activating group) is 1. The van der Waals surface area contributed by atoms with Gasteiger partial charge in [-0.3, -0.25) is 0 Å². The van der Waals surface area contributed by atoms with Crippen molar-refractivity contribution in [2.24, 2.45) is 5.92 Å². The van der Waals surface area contributed by atoms with Gasteiger partial charge in [-0.1, -0.05) is 20.3 Å². The Morgan fingerprint density at radius 2 is 2.25 bits per heavy atom. The van der Waals surface area contributed by atoms with Gasteiger partial charge in [0.1, 0.15) is 18.1 Å². The summed E-state index contributed by atoms with van der Waals surface area (Å²) < 4.78 is 11.9. The van der Waals surface area contributed by atoms with Gasteiger partial charge < -0.3 is 14.8 Å². The molecule has 1 aliphatic heterocycles. The Morgan fingerprint density at radius 3 is 3.05 bits per heavy atom. The molecule has 3 unspecified atom stereocenters. The van der Waals surface area contributed by atoms with Gasteiger partial charge in [0.15, 0.2) is 0 Å². The third-order valence-corrected chi connectivity index (χ3v) is 4.41. The molecule has 0 amide bonds. The largest absolute Gasteiger partial charge is 0.491 e. The molecule has 1 saturated carbocycles. The van der Waals surface area contributed by atoms with Gasteiger partial charge >= 0.3 is 0 Å². The number of hydrogen-bond acceptors (Lipinski definition) is 3. The summed E-state index contributed by atoms with van der Waals surface area (Å²) in [7, 11) is 0. The Bertz CT molecular complexity index is 460. The minimum atomic E-state index is 0.332. The van der Waals surface area contributed by atoms with Gasteiger partial charge in [0.2, 0.25) is 0 Å². The number of ether oxygens (including phenoxy) is 2. The summed E-state index contributed by atoms with van der Waals surface area (Å²) in [6, 6.07) is 6.64. The molecule has 1 aromatic rings. The van der Waals surface area contributed by atoms with Crippen LogP contribution < -0.4 is 14.8 Å². The Balaban J connectivity index is 1.67. The van der Waals surface area contributed by atoms with Crippen molar-refractivity contribution in [3.8, 4) is 11.5 Å². The van der Waals surface area contributed by atoms with Crippen molar-refractivity contribution in [1.82, 2.24) is 5.32 Å². The highest BCUT2D eigenvalue weighted by Gasteiger charge is 2.25. The van der Waals surface area contributed by atoms with Crippen LogP contribution in [0.25, 0.3) is 0 Å². The highest BCUT2D eigenvalue weighted by molar-refractivity contribution is 5.45. The lowest BCUT2D eigenvalue weighted by molar-refractivity contribution is 0.129. The number of rotatable bonds is 4. The fourth-order valence-corrected chi connectivity index (χ4v) is 3.36. The van der Waals surface area contributed by atoms with Gasteiger partial charge in [-0.2, -0.15) is 0 Å². The highest BCUT2D eigenvalue weighted by atomic mass is 16.5. The summed E-state index contributed by atoms with van der Waals surface area (Å²) >= 11 is 0. The maximum atomic E-state index is 6.15. The fraction of sp³-hybridized carbons (Fsp3) is 0.647. The molecule has 3 nitrogen and oxygen atoms in total. The van der Waals surface area contributed by atoms with Gasteiger partial charge in [-0.15, -0.1) is 0 Å². The standard InChI is InChI=1S/C17H25NO2/c1-3-18-16-11-19-17-10-14(7-8-15(16)17)20-13-6-4-5-12(2)9-13/h7-8,10,12-13,16,18H,3-6,9,11H2,1-2H3. The van der Waals surface area contributed by atoms with Gasteiger partial charge in [-0.05, 0) is 43.9 Å². The van der Waals surface area contributed by atoms with Crippen molar-refractivity contribution in [2.75, 3.05) is 13.2 Å². The number of fused-ring (bicyclic) bond motifs is 1. The van der Waals surface area contributed by atoms with Crippen LogP contribution in [0.5, 0.6) is 11.5 Å². The molecule has 1 fully saturated rings. The average molecular weight is 275 g/mol. The molecule has 0 spiro atoms. The average Bonchev–Trinajstić information content (AvgIpc) is 2.82. The third-order valence-electron chi connectivity index (χ3n) is 4.41. The van der Waals surface area contributed by atoms with Crippen LogP contribution in [0, 0.1) is 5.92 Å². The van der Waals surface area contributed by atoms with Gasteiger partial charge in [-0.25, -0.2) is 0 Å². The molecule has 0 radical (unpaired) electrons. The summed E-state index contributed by atoms with van der Waals surface area (Å²) in [6.45, 7) is 6.14.